The molecule has 132 valence electrons. The van der Waals surface area contributed by atoms with Crippen molar-refractivity contribution in [2.75, 3.05) is 19.6 Å². The number of hydrogen-bond donors (Lipinski definition) is 1. The number of carbonyl (C=O) groups is 1. The SMILES string of the molecule is CCc1c(C)[nH]c2c1C(=O)[C@@H]1CN(CCc3ccccc3)CC[C@H]1C2. The van der Waals surface area contributed by atoms with Crippen LogP contribution in [0.25, 0.3) is 0 Å². The van der Waals surface area contributed by atoms with Crippen molar-refractivity contribution >= 4 is 5.78 Å². The van der Waals surface area contributed by atoms with Crippen molar-refractivity contribution in [3.05, 3.63) is 58.4 Å². The summed E-state index contributed by atoms with van der Waals surface area (Å²) < 4.78 is 0. The van der Waals surface area contributed by atoms with E-state index in [1.165, 1.54) is 22.5 Å². The molecule has 1 N–H and O–H groups in total. The van der Waals surface area contributed by atoms with Crippen LogP contribution < -0.4 is 0 Å². The van der Waals surface area contributed by atoms with E-state index in [0.717, 1.165) is 50.9 Å². The van der Waals surface area contributed by atoms with Gasteiger partial charge in [0.2, 0.25) is 0 Å². The minimum atomic E-state index is 0.192. The van der Waals surface area contributed by atoms with Gasteiger partial charge in [-0.25, -0.2) is 0 Å². The van der Waals surface area contributed by atoms with E-state index in [9.17, 15) is 4.79 Å². The monoisotopic (exact) mass is 336 g/mol. The molecule has 1 fully saturated rings. The summed E-state index contributed by atoms with van der Waals surface area (Å²) in [7, 11) is 0. The molecule has 1 aliphatic heterocycles. The Morgan fingerprint density at radius 1 is 1.24 bits per heavy atom. The summed E-state index contributed by atoms with van der Waals surface area (Å²) in [5, 5.41) is 0. The lowest BCUT2D eigenvalue weighted by Gasteiger charge is -2.40. The molecule has 2 aromatic rings. The molecule has 2 atom stereocenters. The van der Waals surface area contributed by atoms with E-state index in [2.05, 4.69) is 54.1 Å². The Kier molecular flexibility index (Phi) is 4.51. The fraction of sp³-hybridized carbons (Fsp3) is 0.500. The normalized spacial score (nSPS) is 23.4. The molecule has 0 unspecified atom stereocenters. The molecule has 1 saturated heterocycles. The summed E-state index contributed by atoms with van der Waals surface area (Å²) in [4.78, 5) is 19.2. The Morgan fingerprint density at radius 2 is 2.04 bits per heavy atom. The zero-order valence-corrected chi connectivity index (χ0v) is 15.3. The molecule has 2 aliphatic rings. The van der Waals surface area contributed by atoms with Crippen molar-refractivity contribution < 1.29 is 4.79 Å². The highest BCUT2D eigenvalue weighted by molar-refractivity contribution is 6.02. The Morgan fingerprint density at radius 3 is 2.80 bits per heavy atom. The summed E-state index contributed by atoms with van der Waals surface area (Å²) in [6.07, 6.45) is 4.21. The summed E-state index contributed by atoms with van der Waals surface area (Å²) in [5.41, 5.74) is 6.07. The Balaban J connectivity index is 1.48. The first-order valence-corrected chi connectivity index (χ1v) is 9.68. The zero-order valence-electron chi connectivity index (χ0n) is 15.3. The summed E-state index contributed by atoms with van der Waals surface area (Å²) in [6, 6.07) is 10.7. The molecule has 0 saturated carbocycles. The van der Waals surface area contributed by atoms with E-state index in [-0.39, 0.29) is 5.92 Å². The Labute approximate surface area is 150 Å². The third-order valence-electron chi connectivity index (χ3n) is 6.20. The van der Waals surface area contributed by atoms with Gasteiger partial charge in [0.15, 0.2) is 5.78 Å². The van der Waals surface area contributed by atoms with Crippen molar-refractivity contribution in [3.63, 3.8) is 0 Å². The summed E-state index contributed by atoms with van der Waals surface area (Å²) >= 11 is 0. The van der Waals surface area contributed by atoms with Gasteiger partial charge in [0.25, 0.3) is 0 Å². The first-order chi connectivity index (χ1) is 12.2. The van der Waals surface area contributed by atoms with Crippen molar-refractivity contribution in [2.45, 2.75) is 39.5 Å². The van der Waals surface area contributed by atoms with Gasteiger partial charge in [0.1, 0.15) is 0 Å². The van der Waals surface area contributed by atoms with E-state index in [1.54, 1.807) is 0 Å². The van der Waals surface area contributed by atoms with Crippen molar-refractivity contribution in [1.82, 2.24) is 9.88 Å². The predicted octanol–water partition coefficient (Wildman–Crippen LogP) is 3.81. The van der Waals surface area contributed by atoms with Gasteiger partial charge in [-0.2, -0.15) is 0 Å². The quantitative estimate of drug-likeness (QED) is 0.922. The number of rotatable bonds is 4. The average Bonchev–Trinajstić information content (AvgIpc) is 2.96. The van der Waals surface area contributed by atoms with Crippen LogP contribution in [-0.2, 0) is 19.3 Å². The predicted molar refractivity (Wildman–Crippen MR) is 101 cm³/mol. The molecule has 2 heterocycles. The highest BCUT2D eigenvalue weighted by Crippen LogP contribution is 2.38. The van der Waals surface area contributed by atoms with Gasteiger partial charge < -0.3 is 9.88 Å². The maximum Gasteiger partial charge on any atom is 0.169 e. The molecule has 1 aromatic carbocycles. The van der Waals surface area contributed by atoms with Gasteiger partial charge in [-0.3, -0.25) is 4.79 Å². The maximum atomic E-state index is 13.2. The number of benzene rings is 1. The number of nitrogens with one attached hydrogen (secondary N) is 1. The number of aromatic amines is 1. The number of hydrogen-bond acceptors (Lipinski definition) is 2. The number of aryl methyl sites for hydroxylation is 1. The van der Waals surface area contributed by atoms with Crippen LogP contribution in [-0.4, -0.2) is 35.3 Å². The molecule has 0 radical (unpaired) electrons. The molecular formula is C22H28N2O. The maximum absolute atomic E-state index is 13.2. The van der Waals surface area contributed by atoms with Gasteiger partial charge in [-0.1, -0.05) is 37.3 Å². The number of fused-ring (bicyclic) bond motifs is 2. The number of ketones is 1. The summed E-state index contributed by atoms with van der Waals surface area (Å²) in [5.74, 6) is 1.12. The fourth-order valence-electron chi connectivity index (χ4n) is 4.82. The Bertz CT molecular complexity index is 762. The third-order valence-corrected chi connectivity index (χ3v) is 6.20. The van der Waals surface area contributed by atoms with Crippen LogP contribution in [0, 0.1) is 18.8 Å². The van der Waals surface area contributed by atoms with Crippen LogP contribution in [0.2, 0.25) is 0 Å². The minimum absolute atomic E-state index is 0.192. The zero-order chi connectivity index (χ0) is 17.4. The third kappa shape index (κ3) is 3.06. The molecular weight excluding hydrogens is 308 g/mol. The minimum Gasteiger partial charge on any atom is -0.362 e. The first-order valence-electron chi connectivity index (χ1n) is 9.68. The van der Waals surface area contributed by atoms with Crippen molar-refractivity contribution in [2.24, 2.45) is 11.8 Å². The van der Waals surface area contributed by atoms with Crippen LogP contribution in [0.1, 0.15) is 46.2 Å². The van der Waals surface area contributed by atoms with E-state index in [1.807, 2.05) is 0 Å². The number of carbonyl (C=O) groups excluding carboxylic acids is 1. The van der Waals surface area contributed by atoms with E-state index >= 15 is 0 Å². The number of Topliss-reactive ketones (excluding diaryl/α,β-unsaturated/α-hetero) is 1. The van der Waals surface area contributed by atoms with Crippen LogP contribution in [0.15, 0.2) is 30.3 Å². The van der Waals surface area contributed by atoms with Gasteiger partial charge >= 0.3 is 0 Å². The number of nitrogens with zero attached hydrogens (tertiary/aromatic N) is 1. The second-order valence-corrected chi connectivity index (χ2v) is 7.70. The number of likely N-dealkylation sites (tertiary alicyclic amines) is 1. The Hall–Kier alpha value is -1.87. The van der Waals surface area contributed by atoms with Gasteiger partial charge in [-0.15, -0.1) is 0 Å². The fourth-order valence-corrected chi connectivity index (χ4v) is 4.82. The van der Waals surface area contributed by atoms with Gasteiger partial charge in [0.05, 0.1) is 0 Å². The topological polar surface area (TPSA) is 36.1 Å². The lowest BCUT2D eigenvalue weighted by molar-refractivity contribution is 0.0662. The molecule has 25 heavy (non-hydrogen) atoms. The van der Waals surface area contributed by atoms with E-state index in [0.29, 0.717) is 11.7 Å². The lowest BCUT2D eigenvalue weighted by atomic mass is 9.72. The van der Waals surface area contributed by atoms with Crippen LogP contribution in [0.4, 0.5) is 0 Å². The second kappa shape index (κ2) is 6.80. The molecule has 1 aromatic heterocycles. The highest BCUT2D eigenvalue weighted by atomic mass is 16.1. The molecule has 4 rings (SSSR count). The standard InChI is InChI=1S/C22H28N2O/c1-3-18-15(2)23-20-13-17-10-12-24(14-19(17)22(25)21(18)20)11-9-16-7-5-4-6-8-16/h4-8,17,19,23H,3,9-14H2,1-2H3/t17-,19+/m0/s1. The molecule has 3 nitrogen and oxygen atoms in total. The van der Waals surface area contributed by atoms with Crippen LogP contribution in [0.3, 0.4) is 0 Å². The number of H-pyrrole nitrogens is 1. The van der Waals surface area contributed by atoms with E-state index in [4.69, 9.17) is 0 Å². The smallest absolute Gasteiger partial charge is 0.169 e. The van der Waals surface area contributed by atoms with Crippen LogP contribution in [0.5, 0.6) is 0 Å². The molecule has 1 aliphatic carbocycles. The van der Waals surface area contributed by atoms with Gasteiger partial charge in [-0.05, 0) is 56.2 Å². The highest BCUT2D eigenvalue weighted by Gasteiger charge is 2.41. The first kappa shape index (κ1) is 16.6. The summed E-state index contributed by atoms with van der Waals surface area (Å²) in [6.45, 7) is 7.38. The number of piperidine rings is 1. The lowest BCUT2D eigenvalue weighted by Crippen LogP contribution is -2.47. The molecule has 3 heteroatoms. The largest absolute Gasteiger partial charge is 0.362 e. The second-order valence-electron chi connectivity index (χ2n) is 7.70. The molecule has 0 bridgehead atoms. The van der Waals surface area contributed by atoms with Gasteiger partial charge in [0, 0.05) is 36.0 Å². The molecule has 0 amide bonds. The molecule has 0 spiro atoms. The number of aromatic nitrogens is 1. The average molecular weight is 336 g/mol. The van der Waals surface area contributed by atoms with E-state index < -0.39 is 0 Å². The van der Waals surface area contributed by atoms with Crippen LogP contribution >= 0.6 is 0 Å². The van der Waals surface area contributed by atoms with Crippen molar-refractivity contribution in [1.29, 1.82) is 0 Å². The van der Waals surface area contributed by atoms with Crippen molar-refractivity contribution in [3.8, 4) is 0 Å².